The summed E-state index contributed by atoms with van der Waals surface area (Å²) in [6, 6.07) is 18.3. The maximum absolute atomic E-state index is 6.03. The molecule has 3 nitrogen and oxygen atoms in total. The number of halogens is 1. The van der Waals surface area contributed by atoms with E-state index in [-0.39, 0.29) is 6.04 Å². The monoisotopic (exact) mass is 297 g/mol. The Bertz CT molecular complexity index is 705. The van der Waals surface area contributed by atoms with Crippen LogP contribution in [0, 0.1) is 0 Å². The molecule has 1 atom stereocenters. The highest BCUT2D eigenvalue weighted by molar-refractivity contribution is 6.30. The maximum Gasteiger partial charge on any atom is 0.0650 e. The minimum absolute atomic E-state index is 0.196. The molecular weight excluding hydrogens is 282 g/mol. The van der Waals surface area contributed by atoms with Crippen LogP contribution < -0.4 is 5.32 Å². The predicted molar refractivity (Wildman–Crippen MR) is 87.5 cm³/mol. The maximum atomic E-state index is 6.03. The number of rotatable bonds is 4. The molecule has 21 heavy (non-hydrogen) atoms. The first-order valence-corrected chi connectivity index (χ1v) is 7.22. The van der Waals surface area contributed by atoms with Gasteiger partial charge in [0.05, 0.1) is 5.69 Å². The predicted octanol–water partition coefficient (Wildman–Crippen LogP) is 4.90. The van der Waals surface area contributed by atoms with E-state index in [2.05, 4.69) is 52.8 Å². The Morgan fingerprint density at radius 3 is 2.57 bits per heavy atom. The number of aromatic amines is 1. The van der Waals surface area contributed by atoms with E-state index in [1.165, 1.54) is 5.56 Å². The van der Waals surface area contributed by atoms with Crippen LogP contribution in [0.2, 0.25) is 5.02 Å². The first-order valence-electron chi connectivity index (χ1n) is 6.84. The van der Waals surface area contributed by atoms with E-state index < -0.39 is 0 Å². The second-order valence-electron chi connectivity index (χ2n) is 4.97. The lowest BCUT2D eigenvalue weighted by Crippen LogP contribution is -2.06. The van der Waals surface area contributed by atoms with Crippen molar-refractivity contribution in [1.82, 2.24) is 10.2 Å². The van der Waals surface area contributed by atoms with Gasteiger partial charge in [-0.2, -0.15) is 5.10 Å². The highest BCUT2D eigenvalue weighted by Gasteiger charge is 2.06. The van der Waals surface area contributed by atoms with Crippen LogP contribution in [-0.4, -0.2) is 10.2 Å². The van der Waals surface area contributed by atoms with Crippen LogP contribution in [0.1, 0.15) is 18.5 Å². The third kappa shape index (κ3) is 3.26. The zero-order valence-corrected chi connectivity index (χ0v) is 12.4. The summed E-state index contributed by atoms with van der Waals surface area (Å²) in [5.41, 5.74) is 4.38. The molecule has 0 aliphatic carbocycles. The summed E-state index contributed by atoms with van der Waals surface area (Å²) in [5.74, 6) is 0. The Morgan fingerprint density at radius 1 is 1.10 bits per heavy atom. The molecule has 0 fully saturated rings. The van der Waals surface area contributed by atoms with Gasteiger partial charge in [0.15, 0.2) is 0 Å². The van der Waals surface area contributed by atoms with Crippen molar-refractivity contribution in [2.24, 2.45) is 0 Å². The Kier molecular flexibility index (Phi) is 3.93. The zero-order chi connectivity index (χ0) is 14.7. The average Bonchev–Trinajstić information content (AvgIpc) is 3.02. The molecule has 4 heteroatoms. The lowest BCUT2D eigenvalue weighted by Gasteiger charge is -2.16. The number of nitrogens with one attached hydrogen (secondary N) is 2. The summed E-state index contributed by atoms with van der Waals surface area (Å²) in [6.45, 7) is 2.12. The fraction of sp³-hybridized carbons (Fsp3) is 0.118. The van der Waals surface area contributed by atoms with E-state index in [1.54, 1.807) is 6.20 Å². The number of anilines is 1. The minimum Gasteiger partial charge on any atom is -0.379 e. The number of nitrogens with zero attached hydrogens (tertiary/aromatic N) is 1. The number of hydrogen-bond donors (Lipinski definition) is 2. The van der Waals surface area contributed by atoms with Crippen molar-refractivity contribution >= 4 is 17.3 Å². The van der Waals surface area contributed by atoms with Crippen molar-refractivity contribution in [3.8, 4) is 11.3 Å². The SMILES string of the molecule is CC(Nc1ccc(-c2ccn[nH]2)cc1)c1cccc(Cl)c1. The molecule has 106 valence electrons. The van der Waals surface area contributed by atoms with Gasteiger partial charge in [-0.3, -0.25) is 5.10 Å². The van der Waals surface area contributed by atoms with Gasteiger partial charge in [0.25, 0.3) is 0 Å². The second-order valence-corrected chi connectivity index (χ2v) is 5.41. The third-order valence-corrected chi connectivity index (χ3v) is 3.66. The molecule has 0 radical (unpaired) electrons. The van der Waals surface area contributed by atoms with E-state index in [0.29, 0.717) is 0 Å². The molecule has 1 aromatic heterocycles. The number of hydrogen-bond acceptors (Lipinski definition) is 2. The van der Waals surface area contributed by atoms with Gasteiger partial charge in [-0.05, 0) is 48.4 Å². The molecule has 0 amide bonds. The molecule has 0 spiro atoms. The van der Waals surface area contributed by atoms with Gasteiger partial charge in [0, 0.05) is 22.9 Å². The quantitative estimate of drug-likeness (QED) is 0.719. The number of H-pyrrole nitrogens is 1. The van der Waals surface area contributed by atoms with Crippen molar-refractivity contribution in [2.75, 3.05) is 5.32 Å². The van der Waals surface area contributed by atoms with Gasteiger partial charge in [-0.25, -0.2) is 0 Å². The van der Waals surface area contributed by atoms with Crippen LogP contribution in [0.15, 0.2) is 60.8 Å². The number of benzene rings is 2. The smallest absolute Gasteiger partial charge is 0.0650 e. The molecule has 0 bridgehead atoms. The summed E-state index contributed by atoms with van der Waals surface area (Å²) in [5, 5.41) is 11.2. The fourth-order valence-electron chi connectivity index (χ4n) is 2.27. The Labute approximate surface area is 129 Å². The summed E-state index contributed by atoms with van der Waals surface area (Å²) < 4.78 is 0. The van der Waals surface area contributed by atoms with E-state index in [1.807, 2.05) is 24.3 Å². The second kappa shape index (κ2) is 6.02. The van der Waals surface area contributed by atoms with Gasteiger partial charge in [-0.15, -0.1) is 0 Å². The van der Waals surface area contributed by atoms with Crippen LogP contribution in [0.4, 0.5) is 5.69 Å². The van der Waals surface area contributed by atoms with Crippen molar-refractivity contribution in [2.45, 2.75) is 13.0 Å². The Morgan fingerprint density at radius 2 is 1.90 bits per heavy atom. The molecule has 0 saturated heterocycles. The van der Waals surface area contributed by atoms with Crippen LogP contribution in [0.3, 0.4) is 0 Å². The minimum atomic E-state index is 0.196. The summed E-state index contributed by atoms with van der Waals surface area (Å²) in [7, 11) is 0. The van der Waals surface area contributed by atoms with Crippen LogP contribution in [0.5, 0.6) is 0 Å². The zero-order valence-electron chi connectivity index (χ0n) is 11.7. The standard InChI is InChI=1S/C17H16ClN3/c1-12(14-3-2-4-15(18)11-14)20-16-7-5-13(6-8-16)17-9-10-19-21-17/h2-12,20H,1H3,(H,19,21). The average molecular weight is 298 g/mol. The molecule has 3 aromatic rings. The first kappa shape index (κ1) is 13.7. The topological polar surface area (TPSA) is 40.7 Å². The lowest BCUT2D eigenvalue weighted by molar-refractivity contribution is 0.885. The number of aromatic nitrogens is 2. The first-order chi connectivity index (χ1) is 10.2. The largest absolute Gasteiger partial charge is 0.379 e. The van der Waals surface area contributed by atoms with Crippen LogP contribution in [-0.2, 0) is 0 Å². The molecule has 1 heterocycles. The van der Waals surface area contributed by atoms with Crippen LogP contribution >= 0.6 is 11.6 Å². The van der Waals surface area contributed by atoms with Gasteiger partial charge >= 0.3 is 0 Å². The highest BCUT2D eigenvalue weighted by atomic mass is 35.5. The third-order valence-electron chi connectivity index (χ3n) is 3.43. The normalized spacial score (nSPS) is 12.1. The molecule has 0 saturated carbocycles. The summed E-state index contributed by atoms with van der Waals surface area (Å²) in [6.07, 6.45) is 1.75. The van der Waals surface area contributed by atoms with E-state index in [9.17, 15) is 0 Å². The van der Waals surface area contributed by atoms with Crippen molar-refractivity contribution in [3.05, 3.63) is 71.4 Å². The van der Waals surface area contributed by atoms with Crippen LogP contribution in [0.25, 0.3) is 11.3 Å². The van der Waals surface area contributed by atoms with Gasteiger partial charge in [0.1, 0.15) is 0 Å². The Hall–Kier alpha value is -2.26. The lowest BCUT2D eigenvalue weighted by atomic mass is 10.1. The highest BCUT2D eigenvalue weighted by Crippen LogP contribution is 2.24. The van der Waals surface area contributed by atoms with Crippen molar-refractivity contribution in [1.29, 1.82) is 0 Å². The molecule has 0 aliphatic heterocycles. The van der Waals surface area contributed by atoms with Crippen molar-refractivity contribution in [3.63, 3.8) is 0 Å². The van der Waals surface area contributed by atoms with E-state index >= 15 is 0 Å². The molecule has 0 aliphatic rings. The molecule has 2 aromatic carbocycles. The van der Waals surface area contributed by atoms with Crippen molar-refractivity contribution < 1.29 is 0 Å². The van der Waals surface area contributed by atoms with Gasteiger partial charge in [-0.1, -0.05) is 35.9 Å². The molecular formula is C17H16ClN3. The molecule has 2 N–H and O–H groups in total. The van der Waals surface area contributed by atoms with E-state index in [0.717, 1.165) is 22.0 Å². The Balaban J connectivity index is 1.73. The summed E-state index contributed by atoms with van der Waals surface area (Å²) >= 11 is 6.03. The molecule has 1 unspecified atom stereocenters. The fourth-order valence-corrected chi connectivity index (χ4v) is 2.47. The summed E-state index contributed by atoms with van der Waals surface area (Å²) in [4.78, 5) is 0. The van der Waals surface area contributed by atoms with Gasteiger partial charge in [0.2, 0.25) is 0 Å². The molecule has 3 rings (SSSR count). The van der Waals surface area contributed by atoms with E-state index in [4.69, 9.17) is 11.6 Å². The van der Waals surface area contributed by atoms with Gasteiger partial charge < -0.3 is 5.32 Å².